The molecule has 4 aromatic rings. The maximum atomic E-state index is 14.2. The van der Waals surface area contributed by atoms with Gasteiger partial charge >= 0.3 is 23.9 Å². The second kappa shape index (κ2) is 14.2. The molecule has 1 fully saturated rings. The van der Waals surface area contributed by atoms with Gasteiger partial charge in [0.15, 0.2) is 30.4 Å². The van der Waals surface area contributed by atoms with Crippen LogP contribution >= 0.6 is 12.2 Å². The summed E-state index contributed by atoms with van der Waals surface area (Å²) >= 11 is 5.82. The third-order valence-corrected chi connectivity index (χ3v) is 7.72. The van der Waals surface area contributed by atoms with Crippen molar-refractivity contribution in [3.05, 3.63) is 86.1 Å². The van der Waals surface area contributed by atoms with Crippen molar-refractivity contribution in [2.45, 2.75) is 58.3 Å². The highest BCUT2D eigenvalue weighted by molar-refractivity contribution is 7.71. The molecule has 17 heteroatoms. The van der Waals surface area contributed by atoms with Gasteiger partial charge in [0.2, 0.25) is 4.77 Å². The van der Waals surface area contributed by atoms with E-state index in [0.717, 1.165) is 47.7 Å². The number of nitrogens with zero attached hydrogens (tertiary/aromatic N) is 4. The highest BCUT2D eigenvalue weighted by atomic mass is 32.1. The molecule has 3 heterocycles. The van der Waals surface area contributed by atoms with E-state index in [1.165, 1.54) is 0 Å². The summed E-state index contributed by atoms with van der Waals surface area (Å²) in [6, 6.07) is 16.2. The van der Waals surface area contributed by atoms with Gasteiger partial charge in [0.1, 0.15) is 18.5 Å². The van der Waals surface area contributed by atoms with E-state index in [4.69, 9.17) is 46.6 Å². The monoisotopic (exact) mass is 693 g/mol. The number of rotatable bonds is 8. The Kier molecular flexibility index (Phi) is 10.0. The van der Waals surface area contributed by atoms with Crippen LogP contribution < -0.4 is 16.9 Å². The number of para-hydroxylation sites is 1. The fraction of sp³-hybridized carbons (Fsp3) is 0.312. The van der Waals surface area contributed by atoms with Crippen LogP contribution in [0.2, 0.25) is 0 Å². The number of carbonyl (C=O) groups excluding carboxylic acids is 4. The van der Waals surface area contributed by atoms with Crippen LogP contribution in [-0.4, -0.2) is 73.8 Å². The van der Waals surface area contributed by atoms with E-state index < -0.39 is 77.0 Å². The Morgan fingerprint density at radius 2 is 1.41 bits per heavy atom. The summed E-state index contributed by atoms with van der Waals surface area (Å²) in [5, 5.41) is 0.202. The summed E-state index contributed by atoms with van der Waals surface area (Å²) in [5.74, 6) is -3.48. The van der Waals surface area contributed by atoms with Crippen LogP contribution in [0, 0.1) is 4.77 Å². The molecule has 0 radical (unpaired) electrons. The Labute approximate surface area is 282 Å². The van der Waals surface area contributed by atoms with Gasteiger partial charge in [-0.2, -0.15) is 4.68 Å². The zero-order valence-corrected chi connectivity index (χ0v) is 27.4. The molecule has 1 aliphatic rings. The standard InChI is InChI=1S/C32H31N5O11S/c1-16(38)44-15-23-26(45-17(2)39)27(46-18(3)40)28(47-19(4)41)31(48-23)35-25(42)14-24(33)36(32(35)49)37-29(20-10-6-5-7-11-20)34-22-13-9-8-12-21(22)30(37)43/h5-14,23,26-28,31H,15,33H2,1-4H3/t23-,26-,27+,28-,31-/m1/s1. The molecule has 16 nitrogen and oxygen atoms in total. The normalized spacial score (nSPS) is 20.3. The van der Waals surface area contributed by atoms with Gasteiger partial charge < -0.3 is 29.4 Å². The van der Waals surface area contributed by atoms with Crippen molar-refractivity contribution in [1.29, 1.82) is 0 Å². The number of aromatic nitrogens is 4. The number of benzene rings is 2. The maximum Gasteiger partial charge on any atom is 0.303 e. The largest absolute Gasteiger partial charge is 0.463 e. The van der Waals surface area contributed by atoms with Gasteiger partial charge in [-0.3, -0.25) is 33.3 Å². The summed E-state index contributed by atoms with van der Waals surface area (Å²) in [7, 11) is 0. The van der Waals surface area contributed by atoms with Gasteiger partial charge in [0.25, 0.3) is 11.1 Å². The number of esters is 4. The van der Waals surface area contributed by atoms with Gasteiger partial charge in [-0.1, -0.05) is 42.5 Å². The number of hydrogen-bond acceptors (Lipinski definition) is 14. The third kappa shape index (κ3) is 7.12. The Morgan fingerprint density at radius 3 is 2.04 bits per heavy atom. The SMILES string of the molecule is CC(=O)OC[C@H]1O[C@@H](n2c(=O)cc(N)n(-n3c(-c4ccccc4)nc4ccccc4c3=O)c2=S)[C@H](OC(C)=O)[C@@H](OC(C)=O)[C@@H]1OC(C)=O. The van der Waals surface area contributed by atoms with Gasteiger partial charge in [-0.05, 0) is 24.4 Å². The molecule has 256 valence electrons. The van der Waals surface area contributed by atoms with Crippen molar-refractivity contribution in [1.82, 2.24) is 18.9 Å². The predicted octanol–water partition coefficient (Wildman–Crippen LogP) is 1.91. The smallest absolute Gasteiger partial charge is 0.303 e. The van der Waals surface area contributed by atoms with Crippen LogP contribution in [0.15, 0.2) is 70.3 Å². The lowest BCUT2D eigenvalue weighted by Gasteiger charge is -2.44. The summed E-state index contributed by atoms with van der Waals surface area (Å²) < 4.78 is 30.4. The molecule has 0 bridgehead atoms. The van der Waals surface area contributed by atoms with E-state index in [1.54, 1.807) is 54.6 Å². The van der Waals surface area contributed by atoms with Crippen molar-refractivity contribution in [3.63, 3.8) is 0 Å². The average Bonchev–Trinajstić information content (AvgIpc) is 3.03. The molecule has 2 aromatic heterocycles. The fourth-order valence-electron chi connectivity index (χ4n) is 5.50. The molecule has 0 spiro atoms. The van der Waals surface area contributed by atoms with Gasteiger partial charge in [-0.25, -0.2) is 9.66 Å². The molecule has 1 saturated heterocycles. The first kappa shape index (κ1) is 34.6. The molecule has 2 N–H and O–H groups in total. The van der Waals surface area contributed by atoms with Crippen molar-refractivity contribution in [2.75, 3.05) is 12.3 Å². The average molecular weight is 694 g/mol. The topological polar surface area (TPSA) is 202 Å². The molecule has 5 rings (SSSR count). The lowest BCUT2D eigenvalue weighted by Crippen LogP contribution is -2.61. The van der Waals surface area contributed by atoms with Gasteiger partial charge in [0, 0.05) is 39.3 Å². The van der Waals surface area contributed by atoms with E-state index >= 15 is 0 Å². The summed E-state index contributed by atoms with van der Waals surface area (Å²) in [6.07, 6.45) is -7.84. The van der Waals surface area contributed by atoms with Crippen LogP contribution in [0.1, 0.15) is 33.9 Å². The van der Waals surface area contributed by atoms with Gasteiger partial charge in [-0.15, -0.1) is 0 Å². The Bertz CT molecular complexity index is 2130. The minimum atomic E-state index is -1.71. The third-order valence-electron chi connectivity index (χ3n) is 7.35. The van der Waals surface area contributed by atoms with E-state index in [1.807, 2.05) is 0 Å². The number of ether oxygens (including phenoxy) is 5. The van der Waals surface area contributed by atoms with Crippen molar-refractivity contribution in [2.24, 2.45) is 0 Å². The van der Waals surface area contributed by atoms with E-state index in [9.17, 15) is 28.8 Å². The molecular formula is C32H31N5O11S. The van der Waals surface area contributed by atoms with Crippen LogP contribution in [0.4, 0.5) is 5.82 Å². The van der Waals surface area contributed by atoms with E-state index in [0.29, 0.717) is 11.1 Å². The fourth-order valence-corrected chi connectivity index (χ4v) is 5.88. The zero-order valence-electron chi connectivity index (χ0n) is 26.6. The minimum Gasteiger partial charge on any atom is -0.463 e. The number of carbonyl (C=O) groups is 4. The van der Waals surface area contributed by atoms with Crippen molar-refractivity contribution in [3.8, 4) is 11.4 Å². The summed E-state index contributed by atoms with van der Waals surface area (Å²) in [5.41, 5.74) is 5.79. The first-order valence-corrected chi connectivity index (χ1v) is 15.2. The Morgan fingerprint density at radius 1 is 0.816 bits per heavy atom. The van der Waals surface area contributed by atoms with Crippen LogP contribution in [0.25, 0.3) is 22.3 Å². The Balaban J connectivity index is 1.81. The highest BCUT2D eigenvalue weighted by Gasteiger charge is 2.53. The first-order chi connectivity index (χ1) is 23.3. The number of fused-ring (bicyclic) bond motifs is 1. The van der Waals surface area contributed by atoms with Crippen LogP contribution in [0.5, 0.6) is 0 Å². The molecule has 0 unspecified atom stereocenters. The van der Waals surface area contributed by atoms with Crippen molar-refractivity contribution < 1.29 is 42.9 Å². The lowest BCUT2D eigenvalue weighted by atomic mass is 9.97. The number of nitrogen functional groups attached to an aromatic ring is 1. The summed E-state index contributed by atoms with van der Waals surface area (Å²) in [6.45, 7) is 3.78. The van der Waals surface area contributed by atoms with Crippen LogP contribution in [-0.2, 0) is 42.9 Å². The first-order valence-electron chi connectivity index (χ1n) is 14.8. The van der Waals surface area contributed by atoms with Gasteiger partial charge in [0.05, 0.1) is 10.9 Å². The molecule has 49 heavy (non-hydrogen) atoms. The predicted molar refractivity (Wildman–Crippen MR) is 173 cm³/mol. The second-order valence-electron chi connectivity index (χ2n) is 10.9. The molecule has 0 amide bonds. The molecular weight excluding hydrogens is 662 g/mol. The van der Waals surface area contributed by atoms with Crippen LogP contribution in [0.3, 0.4) is 0 Å². The van der Waals surface area contributed by atoms with E-state index in [-0.39, 0.29) is 17.0 Å². The Hall–Kier alpha value is -5.68. The second-order valence-corrected chi connectivity index (χ2v) is 11.3. The number of hydrogen-bond donors (Lipinski definition) is 1. The number of anilines is 1. The number of nitrogens with two attached hydrogens (primary N) is 1. The minimum absolute atomic E-state index is 0.110. The molecule has 5 atom stereocenters. The highest BCUT2D eigenvalue weighted by Crippen LogP contribution is 2.35. The quantitative estimate of drug-likeness (QED) is 0.159. The summed E-state index contributed by atoms with van der Waals surface area (Å²) in [4.78, 5) is 81.4. The van der Waals surface area contributed by atoms with E-state index in [2.05, 4.69) is 0 Å². The molecule has 0 saturated carbocycles. The maximum absolute atomic E-state index is 14.2. The van der Waals surface area contributed by atoms with Crippen molar-refractivity contribution >= 4 is 52.8 Å². The molecule has 2 aromatic carbocycles. The molecule has 1 aliphatic heterocycles. The molecule has 0 aliphatic carbocycles. The lowest BCUT2D eigenvalue weighted by molar-refractivity contribution is -0.269. The zero-order chi connectivity index (χ0) is 35.6.